The number of amides is 1. The van der Waals surface area contributed by atoms with Crippen molar-refractivity contribution in [2.75, 3.05) is 18.4 Å². The average molecular weight is 333 g/mol. The van der Waals surface area contributed by atoms with Crippen LogP contribution in [0.15, 0.2) is 6.20 Å². The van der Waals surface area contributed by atoms with Gasteiger partial charge in [-0.2, -0.15) is 9.37 Å². The summed E-state index contributed by atoms with van der Waals surface area (Å²) < 4.78 is 17.9. The summed E-state index contributed by atoms with van der Waals surface area (Å²) in [6.07, 6.45) is 1.01. The number of hydrogen-bond acceptors (Lipinski definition) is 6. The molecule has 0 aliphatic rings. The van der Waals surface area contributed by atoms with E-state index in [4.69, 9.17) is 16.3 Å². The fourth-order valence-electron chi connectivity index (χ4n) is 1.44. The maximum Gasteiger partial charge on any atom is 0.407 e. The van der Waals surface area contributed by atoms with Gasteiger partial charge in [-0.15, -0.1) is 0 Å². The van der Waals surface area contributed by atoms with Crippen molar-refractivity contribution in [3.8, 4) is 0 Å². The van der Waals surface area contributed by atoms with E-state index in [9.17, 15) is 14.0 Å². The molecule has 1 aromatic heterocycles. The zero-order chi connectivity index (χ0) is 16.8. The molecule has 1 rings (SSSR count). The Kier molecular flexibility index (Phi) is 6.48. The molecule has 0 unspecified atom stereocenters. The van der Waals surface area contributed by atoms with Gasteiger partial charge in [0.05, 0.1) is 0 Å². The number of hydrogen-bond donors (Lipinski definition) is 2. The summed E-state index contributed by atoms with van der Waals surface area (Å²) in [6, 6.07) is -1.65. The number of nitrogens with zero attached hydrogens (tertiary/aromatic N) is 2. The number of alkyl carbamates (subject to hydrolysis) is 1. The standard InChI is InChI=1S/C13H18ClFN4O3/c1-13(2,3)22-12(21)17-6-4-5-16-10-8(9(15)20)7-18-11(14)19-10/h7H,4-6H2,1-3H3,(H,17,21)(H,16,18,19). The van der Waals surface area contributed by atoms with Gasteiger partial charge in [-0.1, -0.05) is 0 Å². The van der Waals surface area contributed by atoms with E-state index in [1.807, 2.05) is 0 Å². The van der Waals surface area contributed by atoms with Crippen LogP contribution in [0.1, 0.15) is 37.6 Å². The molecule has 0 saturated heterocycles. The van der Waals surface area contributed by atoms with Crippen molar-refractivity contribution in [1.29, 1.82) is 0 Å². The van der Waals surface area contributed by atoms with Gasteiger partial charge in [0, 0.05) is 19.3 Å². The summed E-state index contributed by atoms with van der Waals surface area (Å²) in [5.74, 6) is 0.0183. The minimum atomic E-state index is -1.65. The molecule has 22 heavy (non-hydrogen) atoms. The fraction of sp³-hybridized carbons (Fsp3) is 0.538. The van der Waals surface area contributed by atoms with Gasteiger partial charge in [0.2, 0.25) is 5.28 Å². The predicted octanol–water partition coefficient (Wildman–Crippen LogP) is 2.57. The van der Waals surface area contributed by atoms with E-state index in [0.717, 1.165) is 6.20 Å². The number of nitrogens with one attached hydrogen (secondary N) is 2. The van der Waals surface area contributed by atoms with Crippen molar-refractivity contribution in [3.63, 3.8) is 0 Å². The summed E-state index contributed by atoms with van der Waals surface area (Å²) in [6.45, 7) is 6.00. The van der Waals surface area contributed by atoms with Gasteiger partial charge in [0.1, 0.15) is 17.0 Å². The van der Waals surface area contributed by atoms with Gasteiger partial charge in [-0.25, -0.2) is 9.78 Å². The first-order valence-corrected chi connectivity index (χ1v) is 7.00. The molecule has 9 heteroatoms. The molecule has 0 atom stereocenters. The summed E-state index contributed by atoms with van der Waals surface area (Å²) >= 11 is 5.60. The molecule has 0 spiro atoms. The molecule has 122 valence electrons. The number of carbonyl (C=O) groups excluding carboxylic acids is 2. The molecule has 0 fully saturated rings. The summed E-state index contributed by atoms with van der Waals surface area (Å²) in [7, 11) is 0. The Hall–Kier alpha value is -1.96. The zero-order valence-corrected chi connectivity index (χ0v) is 13.3. The number of rotatable bonds is 6. The lowest BCUT2D eigenvalue weighted by Gasteiger charge is -2.19. The van der Waals surface area contributed by atoms with E-state index in [2.05, 4.69) is 20.6 Å². The predicted molar refractivity (Wildman–Crippen MR) is 79.8 cm³/mol. The van der Waals surface area contributed by atoms with E-state index >= 15 is 0 Å². The highest BCUT2D eigenvalue weighted by Crippen LogP contribution is 2.15. The third kappa shape index (κ3) is 6.66. The van der Waals surface area contributed by atoms with E-state index in [1.54, 1.807) is 20.8 Å². The van der Waals surface area contributed by atoms with E-state index < -0.39 is 17.7 Å². The molecule has 0 aliphatic carbocycles. The number of carbonyl (C=O) groups is 2. The zero-order valence-electron chi connectivity index (χ0n) is 12.6. The molecular weight excluding hydrogens is 315 g/mol. The van der Waals surface area contributed by atoms with Crippen molar-refractivity contribution in [2.24, 2.45) is 0 Å². The number of aromatic nitrogens is 2. The van der Waals surface area contributed by atoms with Crippen molar-refractivity contribution in [2.45, 2.75) is 32.8 Å². The lowest BCUT2D eigenvalue weighted by molar-refractivity contribution is 0.0527. The van der Waals surface area contributed by atoms with E-state index in [-0.39, 0.29) is 16.7 Å². The van der Waals surface area contributed by atoms with Crippen LogP contribution in [-0.4, -0.2) is 40.8 Å². The molecule has 2 N–H and O–H groups in total. The smallest absolute Gasteiger partial charge is 0.407 e. The Morgan fingerprint density at radius 2 is 2.05 bits per heavy atom. The topological polar surface area (TPSA) is 93.2 Å². The first kappa shape index (κ1) is 18.1. The molecule has 0 radical (unpaired) electrons. The Labute approximate surface area is 132 Å². The average Bonchev–Trinajstić information content (AvgIpc) is 2.35. The first-order valence-electron chi connectivity index (χ1n) is 6.62. The quantitative estimate of drug-likeness (QED) is 0.472. The second-order valence-corrected chi connectivity index (χ2v) is 5.72. The molecule has 7 nitrogen and oxygen atoms in total. The lowest BCUT2D eigenvalue weighted by Crippen LogP contribution is -2.33. The summed E-state index contributed by atoms with van der Waals surface area (Å²) in [5.41, 5.74) is -0.847. The number of ether oxygens (including phenoxy) is 1. The minimum absolute atomic E-state index is 0.0183. The van der Waals surface area contributed by atoms with Gasteiger partial charge in [-0.3, -0.25) is 4.79 Å². The normalized spacial score (nSPS) is 11.0. The molecule has 1 amide bonds. The van der Waals surface area contributed by atoms with Crippen LogP contribution < -0.4 is 10.6 Å². The highest BCUT2D eigenvalue weighted by Gasteiger charge is 2.16. The van der Waals surface area contributed by atoms with Crippen molar-refractivity contribution in [3.05, 3.63) is 17.0 Å². The molecule has 0 aromatic carbocycles. The van der Waals surface area contributed by atoms with Gasteiger partial charge in [0.15, 0.2) is 0 Å². The monoisotopic (exact) mass is 332 g/mol. The highest BCUT2D eigenvalue weighted by atomic mass is 35.5. The van der Waals surface area contributed by atoms with Gasteiger partial charge < -0.3 is 15.4 Å². The second kappa shape index (κ2) is 7.88. The van der Waals surface area contributed by atoms with Gasteiger partial charge >= 0.3 is 12.1 Å². The van der Waals surface area contributed by atoms with E-state index in [0.29, 0.717) is 19.5 Å². The SMILES string of the molecule is CC(C)(C)OC(=O)NCCCNc1nc(Cl)ncc1C(=O)F. The largest absolute Gasteiger partial charge is 0.444 e. The van der Waals surface area contributed by atoms with Crippen LogP contribution in [0, 0.1) is 0 Å². The Morgan fingerprint density at radius 1 is 1.36 bits per heavy atom. The second-order valence-electron chi connectivity index (χ2n) is 5.38. The van der Waals surface area contributed by atoms with Crippen LogP contribution in [0.25, 0.3) is 0 Å². The maximum absolute atomic E-state index is 12.8. The van der Waals surface area contributed by atoms with Crippen LogP contribution in [0.3, 0.4) is 0 Å². The molecular formula is C13H18ClFN4O3. The third-order valence-corrected chi connectivity index (χ3v) is 2.47. The number of anilines is 1. The van der Waals surface area contributed by atoms with Crippen molar-refractivity contribution >= 4 is 29.5 Å². The molecule has 1 heterocycles. The van der Waals surface area contributed by atoms with Crippen LogP contribution in [0.2, 0.25) is 5.28 Å². The molecule has 0 bridgehead atoms. The number of halogens is 2. The summed E-state index contributed by atoms with van der Waals surface area (Å²) in [4.78, 5) is 29.5. The maximum atomic E-state index is 12.8. The Morgan fingerprint density at radius 3 is 2.64 bits per heavy atom. The van der Waals surface area contributed by atoms with Crippen molar-refractivity contribution in [1.82, 2.24) is 15.3 Å². The fourth-order valence-corrected chi connectivity index (χ4v) is 1.57. The van der Waals surface area contributed by atoms with Crippen LogP contribution in [0.5, 0.6) is 0 Å². The van der Waals surface area contributed by atoms with Crippen LogP contribution in [-0.2, 0) is 4.74 Å². The van der Waals surface area contributed by atoms with Crippen LogP contribution >= 0.6 is 11.6 Å². The Balaban J connectivity index is 2.38. The summed E-state index contributed by atoms with van der Waals surface area (Å²) in [5, 5.41) is 5.24. The lowest BCUT2D eigenvalue weighted by atomic mass is 10.2. The van der Waals surface area contributed by atoms with E-state index in [1.165, 1.54) is 0 Å². The van der Waals surface area contributed by atoms with Crippen LogP contribution in [0.4, 0.5) is 15.0 Å². The minimum Gasteiger partial charge on any atom is -0.444 e. The Bertz CT molecular complexity index is 549. The molecule has 0 aliphatic heterocycles. The molecule has 1 aromatic rings. The molecule has 0 saturated carbocycles. The van der Waals surface area contributed by atoms with Gasteiger partial charge in [0.25, 0.3) is 0 Å². The third-order valence-electron chi connectivity index (χ3n) is 2.29. The van der Waals surface area contributed by atoms with Crippen molar-refractivity contribution < 1.29 is 18.7 Å². The van der Waals surface area contributed by atoms with Gasteiger partial charge in [-0.05, 0) is 38.8 Å². The highest BCUT2D eigenvalue weighted by molar-refractivity contribution is 6.28. The first-order chi connectivity index (χ1) is 10.2.